The first-order valence-corrected chi connectivity index (χ1v) is 7.00. The number of aryl methyl sites for hydroxylation is 2. The predicted octanol–water partition coefficient (Wildman–Crippen LogP) is 1.35. The summed E-state index contributed by atoms with van der Waals surface area (Å²) in [6.45, 7) is 4.10. The number of ether oxygens (including phenoxy) is 2. The van der Waals surface area contributed by atoms with Crippen molar-refractivity contribution in [3.8, 4) is 0 Å². The summed E-state index contributed by atoms with van der Waals surface area (Å²) in [5.74, 6) is 0.235. The Hall–Kier alpha value is -0.910. The highest BCUT2D eigenvalue weighted by molar-refractivity contribution is 5.19. The summed E-state index contributed by atoms with van der Waals surface area (Å²) < 4.78 is 13.2. The topological polar surface area (TPSA) is 56.5 Å². The lowest BCUT2D eigenvalue weighted by molar-refractivity contribution is -0.117. The van der Waals surface area contributed by atoms with E-state index in [0.29, 0.717) is 13.2 Å². The van der Waals surface area contributed by atoms with Gasteiger partial charge in [-0.1, -0.05) is 0 Å². The van der Waals surface area contributed by atoms with Gasteiger partial charge in [-0.2, -0.15) is 5.10 Å². The summed E-state index contributed by atoms with van der Waals surface area (Å²) in [6.07, 6.45) is 4.20. The molecule has 2 aliphatic rings. The number of hydrogen-bond acceptors (Lipinski definition) is 4. The first-order chi connectivity index (χ1) is 9.10. The summed E-state index contributed by atoms with van der Waals surface area (Å²) >= 11 is 0. The number of aromatic nitrogens is 2. The third kappa shape index (κ3) is 2.42. The standard InChI is InChI=1S/C14H22N2O3/c1-10-12(8-16(2)15-10)13(17)11-3-5-19-14(7-11)4-6-18-9-14/h8,11,13,17H,3-7,9H2,1-2H3. The Morgan fingerprint density at radius 1 is 1.53 bits per heavy atom. The highest BCUT2D eigenvalue weighted by Crippen LogP contribution is 2.41. The predicted molar refractivity (Wildman–Crippen MR) is 69.7 cm³/mol. The minimum absolute atomic E-state index is 0.153. The van der Waals surface area contributed by atoms with Crippen LogP contribution in [0.3, 0.4) is 0 Å². The Bertz CT molecular complexity index is 452. The van der Waals surface area contributed by atoms with Crippen LogP contribution in [-0.2, 0) is 16.5 Å². The van der Waals surface area contributed by atoms with Crippen molar-refractivity contribution in [1.29, 1.82) is 0 Å². The van der Waals surface area contributed by atoms with Gasteiger partial charge in [0.1, 0.15) is 0 Å². The largest absolute Gasteiger partial charge is 0.388 e. The molecule has 106 valence electrons. The van der Waals surface area contributed by atoms with Crippen molar-refractivity contribution >= 4 is 0 Å². The monoisotopic (exact) mass is 266 g/mol. The summed E-state index contributed by atoms with van der Waals surface area (Å²) in [4.78, 5) is 0. The average molecular weight is 266 g/mol. The molecule has 1 N–H and O–H groups in total. The lowest BCUT2D eigenvalue weighted by Gasteiger charge is -2.38. The molecule has 0 amide bonds. The van der Waals surface area contributed by atoms with Gasteiger partial charge in [0, 0.05) is 38.4 Å². The fourth-order valence-corrected chi connectivity index (χ4v) is 3.36. The number of aliphatic hydroxyl groups is 1. The Kier molecular flexibility index (Phi) is 3.37. The molecule has 0 bridgehead atoms. The van der Waals surface area contributed by atoms with Gasteiger partial charge in [-0.25, -0.2) is 0 Å². The van der Waals surface area contributed by atoms with Crippen LogP contribution in [0.2, 0.25) is 0 Å². The van der Waals surface area contributed by atoms with Gasteiger partial charge in [-0.3, -0.25) is 4.68 Å². The lowest BCUT2D eigenvalue weighted by atomic mass is 9.80. The van der Waals surface area contributed by atoms with Gasteiger partial charge in [0.15, 0.2) is 0 Å². The Morgan fingerprint density at radius 2 is 2.37 bits per heavy atom. The van der Waals surface area contributed by atoms with Crippen LogP contribution < -0.4 is 0 Å². The van der Waals surface area contributed by atoms with E-state index < -0.39 is 6.10 Å². The molecule has 3 unspecified atom stereocenters. The van der Waals surface area contributed by atoms with Crippen LogP contribution in [0.4, 0.5) is 0 Å². The molecule has 0 saturated carbocycles. The van der Waals surface area contributed by atoms with Gasteiger partial charge in [0.2, 0.25) is 0 Å². The van der Waals surface area contributed by atoms with Gasteiger partial charge >= 0.3 is 0 Å². The molecule has 3 rings (SSSR count). The zero-order chi connectivity index (χ0) is 13.5. The van der Waals surface area contributed by atoms with E-state index in [1.54, 1.807) is 4.68 Å². The van der Waals surface area contributed by atoms with E-state index >= 15 is 0 Å². The van der Waals surface area contributed by atoms with Gasteiger partial charge in [0.25, 0.3) is 0 Å². The molecular weight excluding hydrogens is 244 g/mol. The van der Waals surface area contributed by atoms with E-state index in [-0.39, 0.29) is 11.5 Å². The number of nitrogens with zero attached hydrogens (tertiary/aromatic N) is 2. The zero-order valence-electron chi connectivity index (χ0n) is 11.6. The first kappa shape index (κ1) is 13.1. The van der Waals surface area contributed by atoms with Crippen LogP contribution >= 0.6 is 0 Å². The van der Waals surface area contributed by atoms with Gasteiger partial charge < -0.3 is 14.6 Å². The molecule has 5 heteroatoms. The second kappa shape index (κ2) is 4.89. The summed E-state index contributed by atoms with van der Waals surface area (Å²) in [5.41, 5.74) is 1.71. The maximum Gasteiger partial charge on any atom is 0.0940 e. The van der Waals surface area contributed by atoms with Crippen molar-refractivity contribution in [2.45, 2.75) is 37.9 Å². The van der Waals surface area contributed by atoms with E-state index in [1.165, 1.54) is 0 Å². The molecule has 3 heterocycles. The molecule has 1 spiro atoms. The third-order valence-electron chi connectivity index (χ3n) is 4.41. The second-order valence-electron chi connectivity index (χ2n) is 5.88. The van der Waals surface area contributed by atoms with Gasteiger partial charge in [-0.05, 0) is 25.7 Å². The minimum Gasteiger partial charge on any atom is -0.388 e. The molecule has 2 aliphatic heterocycles. The van der Waals surface area contributed by atoms with Crippen molar-refractivity contribution in [2.75, 3.05) is 19.8 Å². The Labute approximate surface area is 113 Å². The molecule has 1 aromatic heterocycles. The second-order valence-corrected chi connectivity index (χ2v) is 5.88. The van der Waals surface area contributed by atoms with Crippen LogP contribution in [0.25, 0.3) is 0 Å². The molecule has 0 aromatic carbocycles. The molecule has 0 aliphatic carbocycles. The van der Waals surface area contributed by atoms with E-state index in [9.17, 15) is 5.11 Å². The van der Waals surface area contributed by atoms with Crippen molar-refractivity contribution in [3.05, 3.63) is 17.5 Å². The van der Waals surface area contributed by atoms with Crippen LogP contribution in [-0.4, -0.2) is 40.3 Å². The van der Waals surface area contributed by atoms with Gasteiger partial charge in [0.05, 0.1) is 24.0 Å². The van der Waals surface area contributed by atoms with Crippen LogP contribution in [0.5, 0.6) is 0 Å². The third-order valence-corrected chi connectivity index (χ3v) is 4.41. The Morgan fingerprint density at radius 3 is 3.00 bits per heavy atom. The smallest absolute Gasteiger partial charge is 0.0940 e. The van der Waals surface area contributed by atoms with E-state index in [1.807, 2.05) is 20.2 Å². The van der Waals surface area contributed by atoms with Crippen LogP contribution in [0.1, 0.15) is 36.6 Å². The van der Waals surface area contributed by atoms with Gasteiger partial charge in [-0.15, -0.1) is 0 Å². The molecule has 1 aromatic rings. The SMILES string of the molecule is Cc1nn(C)cc1C(O)C1CCOC2(CCOC2)C1. The maximum absolute atomic E-state index is 10.6. The molecule has 5 nitrogen and oxygen atoms in total. The van der Waals surface area contributed by atoms with E-state index in [4.69, 9.17) is 9.47 Å². The molecule has 2 saturated heterocycles. The fraction of sp³-hybridized carbons (Fsp3) is 0.786. The van der Waals surface area contributed by atoms with Crippen molar-refractivity contribution in [1.82, 2.24) is 9.78 Å². The average Bonchev–Trinajstić information content (AvgIpc) is 2.96. The van der Waals surface area contributed by atoms with Crippen molar-refractivity contribution in [2.24, 2.45) is 13.0 Å². The number of aliphatic hydroxyl groups excluding tert-OH is 1. The molecule has 0 radical (unpaired) electrons. The minimum atomic E-state index is -0.449. The van der Waals surface area contributed by atoms with Crippen LogP contribution in [0, 0.1) is 12.8 Å². The van der Waals surface area contributed by atoms with Crippen molar-refractivity contribution in [3.63, 3.8) is 0 Å². The highest BCUT2D eigenvalue weighted by atomic mass is 16.6. The zero-order valence-corrected chi connectivity index (χ0v) is 11.6. The summed E-state index contributed by atoms with van der Waals surface area (Å²) in [6, 6.07) is 0. The Balaban J connectivity index is 1.76. The number of rotatable bonds is 2. The molecule has 3 atom stereocenters. The highest BCUT2D eigenvalue weighted by Gasteiger charge is 2.43. The van der Waals surface area contributed by atoms with Crippen LogP contribution in [0.15, 0.2) is 6.20 Å². The maximum atomic E-state index is 10.6. The molecule has 19 heavy (non-hydrogen) atoms. The van der Waals surface area contributed by atoms with E-state index in [2.05, 4.69) is 5.10 Å². The lowest BCUT2D eigenvalue weighted by Crippen LogP contribution is -2.41. The summed E-state index contributed by atoms with van der Waals surface area (Å²) in [5, 5.41) is 15.0. The normalized spacial score (nSPS) is 32.9. The molecular formula is C14H22N2O3. The number of hydrogen-bond donors (Lipinski definition) is 1. The van der Waals surface area contributed by atoms with Crippen molar-refractivity contribution < 1.29 is 14.6 Å². The fourth-order valence-electron chi connectivity index (χ4n) is 3.36. The van der Waals surface area contributed by atoms with E-state index in [0.717, 1.165) is 37.1 Å². The quantitative estimate of drug-likeness (QED) is 0.878. The molecule has 2 fully saturated rings. The summed E-state index contributed by atoms with van der Waals surface area (Å²) in [7, 11) is 1.89. The first-order valence-electron chi connectivity index (χ1n) is 7.00.